The number of rotatable bonds is 27. The maximum atomic E-state index is 12.6. The first-order valence-corrected chi connectivity index (χ1v) is 26.3. The van der Waals surface area contributed by atoms with Crippen LogP contribution in [0.1, 0.15) is 72.4 Å². The molecular weight excluding hydrogens is 995 g/mol. The molecule has 0 saturated carbocycles. The van der Waals surface area contributed by atoms with E-state index < -0.39 is 115 Å². The molecule has 13 atom stereocenters. The van der Waals surface area contributed by atoms with Crippen molar-refractivity contribution in [3.8, 4) is 0 Å². The van der Waals surface area contributed by atoms with Crippen LogP contribution in [0.2, 0.25) is 0 Å². The number of thioether (sulfide) groups is 1. The van der Waals surface area contributed by atoms with Crippen molar-refractivity contribution in [1.29, 1.82) is 0 Å². The molecule has 68 heavy (non-hydrogen) atoms. The van der Waals surface area contributed by atoms with Gasteiger partial charge in [-0.1, -0.05) is 25.6 Å². The van der Waals surface area contributed by atoms with Crippen molar-refractivity contribution in [3.63, 3.8) is 0 Å². The van der Waals surface area contributed by atoms with E-state index in [4.69, 9.17) is 19.9 Å². The van der Waals surface area contributed by atoms with Gasteiger partial charge in [0.05, 0.1) is 51.8 Å². The maximum absolute atomic E-state index is 12.6. The third-order valence-corrected chi connectivity index (χ3v) is 14.3. The topological polar surface area (TPSA) is 454 Å². The Kier molecular flexibility index (Phi) is 21.4. The molecule has 2 aromatic rings. The highest BCUT2D eigenvalue weighted by Gasteiger charge is 2.47. The van der Waals surface area contributed by atoms with Crippen LogP contribution < -0.4 is 35.9 Å². The van der Waals surface area contributed by atoms with Crippen LogP contribution in [0.4, 0.5) is 5.82 Å². The van der Waals surface area contributed by atoms with Gasteiger partial charge >= 0.3 is 0 Å². The van der Waals surface area contributed by atoms with Crippen molar-refractivity contribution in [1.82, 2.24) is 30.2 Å². The summed E-state index contributed by atoms with van der Waals surface area (Å²) in [4.78, 5) is 96.9. The number of hydrogen-bond acceptors (Lipinski definition) is 27. The maximum Gasteiger partial charge on any atom is 0.274 e. The summed E-state index contributed by atoms with van der Waals surface area (Å²) in [6.45, 7) is 3.27. The zero-order valence-electron chi connectivity index (χ0n) is 37.1. The van der Waals surface area contributed by atoms with Gasteiger partial charge in [0.2, 0.25) is 11.8 Å². The number of phosphoric acid groups is 3. The van der Waals surface area contributed by atoms with Gasteiger partial charge in [0.15, 0.2) is 29.1 Å². The van der Waals surface area contributed by atoms with Crippen LogP contribution in [0, 0.1) is 5.41 Å². The second-order valence-corrected chi connectivity index (χ2v) is 21.7. The summed E-state index contributed by atoms with van der Waals surface area (Å²) in [5.74, 6) is -1.50. The molecule has 2 aromatic heterocycles. The molecule has 2 fully saturated rings. The summed E-state index contributed by atoms with van der Waals surface area (Å²) in [6.07, 6.45) is -10.8. The number of ether oxygens (including phenoxy) is 3. The molecule has 2 aliphatic rings. The number of imidazole rings is 1. The molecule has 0 spiro atoms. The minimum atomic E-state index is -5.95. The molecule has 0 bridgehead atoms. The lowest BCUT2D eigenvalue weighted by Gasteiger charge is -2.36. The smallest absolute Gasteiger partial charge is 0.274 e. The Labute approximate surface area is 393 Å². The normalized spacial score (nSPS) is 26.7. The van der Waals surface area contributed by atoms with E-state index in [9.17, 15) is 73.2 Å². The van der Waals surface area contributed by atoms with E-state index in [1.165, 1.54) is 13.8 Å². The third kappa shape index (κ3) is 17.9. The zero-order chi connectivity index (χ0) is 50.8. The number of carbonyl (C=O) groups is 3. The van der Waals surface area contributed by atoms with Crippen molar-refractivity contribution in [2.24, 2.45) is 5.41 Å². The Hall–Kier alpha value is -2.64. The first-order valence-electron chi connectivity index (χ1n) is 20.9. The Morgan fingerprint density at radius 1 is 1.00 bits per heavy atom. The lowest BCUT2D eigenvalue weighted by Crippen LogP contribution is -2.48. The number of aliphatic hydroxyl groups is 5. The van der Waals surface area contributed by atoms with Crippen LogP contribution in [0.25, 0.3) is 11.2 Å². The average molecular weight is 1050 g/mol. The number of fused-ring (bicyclic) bond motifs is 1. The van der Waals surface area contributed by atoms with E-state index in [1.54, 1.807) is 13.8 Å². The summed E-state index contributed by atoms with van der Waals surface area (Å²) in [7, 11) is -17.7. The number of amides is 2. The molecule has 4 heterocycles. The van der Waals surface area contributed by atoms with Crippen LogP contribution in [-0.4, -0.2) is 155 Å². The first-order chi connectivity index (χ1) is 31.6. The van der Waals surface area contributed by atoms with Crippen molar-refractivity contribution in [3.05, 3.63) is 12.7 Å². The fraction of sp³-hybridized carbons (Fsp3) is 0.771. The Bertz CT molecular complexity index is 2160. The van der Waals surface area contributed by atoms with Gasteiger partial charge in [0, 0.05) is 43.5 Å². The van der Waals surface area contributed by atoms with E-state index in [0.717, 1.165) is 29.0 Å². The fourth-order valence-electron chi connectivity index (χ4n) is 6.63. The number of anilines is 1. The molecule has 33 heteroatoms. The van der Waals surface area contributed by atoms with Gasteiger partial charge in [-0.2, -0.15) is 0 Å². The van der Waals surface area contributed by atoms with Crippen LogP contribution >= 0.6 is 35.2 Å². The number of aliphatic hydroxyl groups excluding tert-OH is 5. The van der Waals surface area contributed by atoms with E-state index in [2.05, 4.69) is 43.5 Å². The van der Waals surface area contributed by atoms with Gasteiger partial charge in [0.25, 0.3) is 15.6 Å². The van der Waals surface area contributed by atoms with E-state index >= 15 is 0 Å². The molecule has 2 saturated heterocycles. The molecule has 0 radical (unpaired) electrons. The number of carbonyl (C=O) groups excluding carboxylic acids is 3. The lowest BCUT2D eigenvalue weighted by molar-refractivity contribution is -0.347. The van der Waals surface area contributed by atoms with Gasteiger partial charge in [-0.05, 0) is 33.1 Å². The minimum Gasteiger partial charge on any atom is -0.790 e. The highest BCUT2D eigenvalue weighted by Crippen LogP contribution is 2.56. The second-order valence-electron chi connectivity index (χ2n) is 16.5. The summed E-state index contributed by atoms with van der Waals surface area (Å²) < 4.78 is 71.9. The van der Waals surface area contributed by atoms with Crippen LogP contribution in [-0.2, 0) is 60.2 Å². The Morgan fingerprint density at radius 2 is 1.69 bits per heavy atom. The fourth-order valence-corrected chi connectivity index (χ4v) is 10.1. The molecule has 0 aliphatic carbocycles. The third-order valence-electron chi connectivity index (χ3n) is 10.3. The SMILES string of the molecule is C[C@H](CCC[C@@H](O)CC(=O)SCCNC(=O)CCNC(=O)[C@H](O)C(C)(C)COP(=O)([O-])OP(=O)([O-])OC[C@H]1O[C@@H](n2cnc3c(N)ncnc32)[C@H](O)[C@@H]1OP(=O)([O-])[O-])O[C@@H]1O[C@@H](C)[C@H](O)C[C@H]1O. The molecule has 2 unspecified atom stereocenters. The standard InChI is InChI=1S/C35H60N7O22P3S/c1-18(60-34-22(45)13-21(44)19(2)61-34)6-5-7-20(43)12-25(47)68-11-10-37-24(46)8-9-38-32(50)29(49)35(3,4)15-59-67(56,57)64-66(54,55)58-14-23-28(63-65(51,52)53)27(48)33(62-23)42-17-41-26-30(36)39-16-40-31(26)42/h16-23,27-29,33-34,43-45,48-49H,5-15H2,1-4H3,(H,37,46)(H,38,50)(H,54,55)(H,56,57)(H2,36,39,40)(H2,51,52,53)/p-4/t18-,19+,20-,21-,22-,23-,27-,28-,29+,33-,34-/m1/s1. The van der Waals surface area contributed by atoms with Crippen molar-refractivity contribution < 1.29 is 105 Å². The Morgan fingerprint density at radius 3 is 2.38 bits per heavy atom. The molecule has 2 aliphatic heterocycles. The van der Waals surface area contributed by atoms with E-state index in [1.807, 2.05) is 0 Å². The van der Waals surface area contributed by atoms with Crippen molar-refractivity contribution >= 4 is 69.1 Å². The molecule has 9 N–H and O–H groups in total. The number of nitrogen functional groups attached to an aromatic ring is 1. The second kappa shape index (κ2) is 25.1. The van der Waals surface area contributed by atoms with Gasteiger partial charge in [-0.25, -0.2) is 19.3 Å². The first kappa shape index (κ1) is 57.9. The number of nitrogens with one attached hydrogen (secondary N) is 2. The van der Waals surface area contributed by atoms with Gasteiger partial charge < -0.3 is 93.8 Å². The van der Waals surface area contributed by atoms with E-state index in [0.29, 0.717) is 19.3 Å². The average Bonchev–Trinajstić information content (AvgIpc) is 3.79. The summed E-state index contributed by atoms with van der Waals surface area (Å²) in [5, 5.41) is 56.1. The largest absolute Gasteiger partial charge is 0.790 e. The molecule has 388 valence electrons. The number of aromatic nitrogens is 4. The predicted octanol–water partition coefficient (Wildman–Crippen LogP) is -3.68. The van der Waals surface area contributed by atoms with Crippen molar-refractivity contribution in [2.45, 2.75) is 134 Å². The molecule has 4 rings (SSSR count). The summed E-state index contributed by atoms with van der Waals surface area (Å²) in [5.41, 5.74) is 4.01. The monoisotopic (exact) mass is 1050 g/mol. The number of hydrogen-bond donors (Lipinski definition) is 8. The van der Waals surface area contributed by atoms with Crippen molar-refractivity contribution in [2.75, 3.05) is 37.8 Å². The predicted molar refractivity (Wildman–Crippen MR) is 224 cm³/mol. The highest BCUT2D eigenvalue weighted by molar-refractivity contribution is 8.13. The van der Waals surface area contributed by atoms with E-state index in [-0.39, 0.29) is 66.3 Å². The lowest BCUT2D eigenvalue weighted by atomic mass is 9.87. The Balaban J connectivity index is 1.12. The number of nitrogens with two attached hydrogens (primary N) is 1. The van der Waals surface area contributed by atoms with Crippen LogP contribution in [0.15, 0.2) is 12.7 Å². The van der Waals surface area contributed by atoms with Crippen LogP contribution in [0.3, 0.4) is 0 Å². The zero-order valence-corrected chi connectivity index (χ0v) is 40.6. The van der Waals surface area contributed by atoms with Gasteiger partial charge in [0.1, 0.15) is 42.4 Å². The van der Waals surface area contributed by atoms with Gasteiger partial charge in [-0.3, -0.25) is 28.1 Å². The number of nitrogens with zero attached hydrogens (tertiary/aromatic N) is 4. The summed E-state index contributed by atoms with van der Waals surface area (Å²) >= 11 is 0.901. The highest BCUT2D eigenvalue weighted by atomic mass is 32.2. The molecule has 0 aromatic carbocycles. The molecule has 29 nitrogen and oxygen atoms in total. The van der Waals surface area contributed by atoms with Crippen LogP contribution in [0.5, 0.6) is 0 Å². The molecular formula is C35H56N7O22P3S-4. The van der Waals surface area contributed by atoms with Gasteiger partial charge in [-0.15, -0.1) is 0 Å². The molecule has 2 amide bonds. The number of phosphoric ester groups is 3. The minimum absolute atomic E-state index is 0.0306. The quantitative estimate of drug-likeness (QED) is 0.0315. The summed E-state index contributed by atoms with van der Waals surface area (Å²) in [6, 6.07) is 0.